The summed E-state index contributed by atoms with van der Waals surface area (Å²) in [6, 6.07) is 9.83. The van der Waals surface area contributed by atoms with Crippen molar-refractivity contribution in [3.8, 4) is 0 Å². The number of likely N-dealkylation sites (tertiary alicyclic amines) is 2. The van der Waals surface area contributed by atoms with Crippen LogP contribution in [0.1, 0.15) is 18.4 Å². The fourth-order valence-electron chi connectivity index (χ4n) is 3.47. The minimum atomic E-state index is -1.02. The number of benzene rings is 1. The van der Waals surface area contributed by atoms with Crippen LogP contribution in [-0.2, 0) is 11.3 Å². The molecule has 0 bridgehead atoms. The van der Waals surface area contributed by atoms with E-state index in [2.05, 4.69) is 22.3 Å². The van der Waals surface area contributed by atoms with Crippen LogP contribution >= 0.6 is 0 Å². The molecule has 2 atom stereocenters. The van der Waals surface area contributed by atoms with Crippen LogP contribution in [0.5, 0.6) is 0 Å². The maximum atomic E-state index is 12.0. The van der Waals surface area contributed by atoms with Crippen LogP contribution in [-0.4, -0.2) is 58.6 Å². The Morgan fingerprint density at radius 2 is 2.05 bits per heavy atom. The molecule has 2 aliphatic rings. The van der Waals surface area contributed by atoms with E-state index < -0.39 is 6.09 Å². The van der Waals surface area contributed by atoms with Gasteiger partial charge in [0.25, 0.3) is 0 Å². The predicted octanol–water partition coefficient (Wildman–Crippen LogP) is 1.13. The minimum absolute atomic E-state index is 0.0604. The van der Waals surface area contributed by atoms with E-state index in [1.807, 2.05) is 23.1 Å². The van der Waals surface area contributed by atoms with E-state index in [0.29, 0.717) is 19.5 Å². The second-order valence-electron chi connectivity index (χ2n) is 5.99. The smallest absolute Gasteiger partial charge is 0.404 e. The van der Waals surface area contributed by atoms with Gasteiger partial charge in [-0.25, -0.2) is 4.79 Å². The third-order valence-corrected chi connectivity index (χ3v) is 4.43. The van der Waals surface area contributed by atoms with Gasteiger partial charge in [-0.1, -0.05) is 30.3 Å². The topological polar surface area (TPSA) is 72.9 Å². The van der Waals surface area contributed by atoms with Crippen molar-refractivity contribution in [3.05, 3.63) is 35.9 Å². The number of hydrogen-bond acceptors (Lipinski definition) is 3. The van der Waals surface area contributed by atoms with Crippen molar-refractivity contribution in [3.63, 3.8) is 0 Å². The molecular weight excluding hydrogens is 282 g/mol. The first-order valence-corrected chi connectivity index (χ1v) is 7.68. The number of nitrogens with one attached hydrogen (secondary N) is 1. The van der Waals surface area contributed by atoms with Crippen LogP contribution in [0.3, 0.4) is 0 Å². The summed E-state index contributed by atoms with van der Waals surface area (Å²) in [4.78, 5) is 27.1. The molecule has 1 aromatic rings. The monoisotopic (exact) mass is 303 g/mol. The molecule has 0 aliphatic carbocycles. The SMILES string of the molecule is O=C(O)N[C@H]1CN(Cc2ccccc2)C[C@H]1N1CCCC1=O. The van der Waals surface area contributed by atoms with Crippen molar-refractivity contribution in [1.82, 2.24) is 15.1 Å². The van der Waals surface area contributed by atoms with Gasteiger partial charge in [-0.05, 0) is 12.0 Å². The molecule has 2 amide bonds. The summed E-state index contributed by atoms with van der Waals surface area (Å²) in [5.74, 6) is 0.142. The lowest BCUT2D eigenvalue weighted by atomic mass is 10.1. The molecule has 2 aliphatic heterocycles. The summed E-state index contributed by atoms with van der Waals surface area (Å²) in [6.45, 7) is 2.86. The van der Waals surface area contributed by atoms with Crippen LogP contribution in [0.2, 0.25) is 0 Å². The van der Waals surface area contributed by atoms with Crippen molar-refractivity contribution in [1.29, 1.82) is 0 Å². The maximum Gasteiger partial charge on any atom is 0.404 e. The van der Waals surface area contributed by atoms with E-state index in [4.69, 9.17) is 5.11 Å². The summed E-state index contributed by atoms with van der Waals surface area (Å²) in [7, 11) is 0. The van der Waals surface area contributed by atoms with E-state index in [1.54, 1.807) is 0 Å². The number of carbonyl (C=O) groups excluding carboxylic acids is 1. The Bertz CT molecular complexity index is 549. The van der Waals surface area contributed by atoms with Crippen molar-refractivity contribution >= 4 is 12.0 Å². The standard InChI is InChI=1S/C16H21N3O3/c20-15-7-4-8-19(15)14-11-18(10-13(14)17-16(21)22)9-12-5-2-1-3-6-12/h1-3,5-6,13-14,17H,4,7-11H2,(H,21,22)/t13-,14+/m0/s1. The highest BCUT2D eigenvalue weighted by Crippen LogP contribution is 2.23. The van der Waals surface area contributed by atoms with Gasteiger partial charge in [-0.2, -0.15) is 0 Å². The summed E-state index contributed by atoms with van der Waals surface area (Å²) in [5.41, 5.74) is 1.20. The molecule has 22 heavy (non-hydrogen) atoms. The molecule has 3 rings (SSSR count). The Balaban J connectivity index is 1.70. The zero-order valence-electron chi connectivity index (χ0n) is 12.4. The van der Waals surface area contributed by atoms with Crippen LogP contribution in [0.4, 0.5) is 4.79 Å². The van der Waals surface area contributed by atoms with E-state index in [-0.39, 0.29) is 18.0 Å². The van der Waals surface area contributed by atoms with Gasteiger partial charge in [0.15, 0.2) is 0 Å². The fraction of sp³-hybridized carbons (Fsp3) is 0.500. The Morgan fingerprint density at radius 3 is 2.68 bits per heavy atom. The Hall–Kier alpha value is -2.08. The molecule has 2 N–H and O–H groups in total. The molecule has 2 heterocycles. The molecule has 6 heteroatoms. The van der Waals surface area contributed by atoms with Crippen LogP contribution in [0.15, 0.2) is 30.3 Å². The summed E-state index contributed by atoms with van der Waals surface area (Å²) < 4.78 is 0. The summed E-state index contributed by atoms with van der Waals surface area (Å²) in [6.07, 6.45) is 0.422. The predicted molar refractivity (Wildman–Crippen MR) is 81.4 cm³/mol. The van der Waals surface area contributed by atoms with E-state index in [1.165, 1.54) is 5.56 Å². The van der Waals surface area contributed by atoms with Gasteiger partial charge in [0.05, 0.1) is 12.1 Å². The minimum Gasteiger partial charge on any atom is -0.465 e. The maximum absolute atomic E-state index is 12.0. The lowest BCUT2D eigenvalue weighted by Crippen LogP contribution is -2.51. The largest absolute Gasteiger partial charge is 0.465 e. The molecule has 0 aromatic heterocycles. The average molecular weight is 303 g/mol. The van der Waals surface area contributed by atoms with Gasteiger partial charge in [-0.3, -0.25) is 9.69 Å². The highest BCUT2D eigenvalue weighted by atomic mass is 16.4. The molecule has 118 valence electrons. The number of rotatable bonds is 4. The van der Waals surface area contributed by atoms with Crippen LogP contribution < -0.4 is 5.32 Å². The number of carboxylic acid groups (broad SMARTS) is 1. The van der Waals surface area contributed by atoms with Gasteiger partial charge in [0.2, 0.25) is 5.91 Å². The van der Waals surface area contributed by atoms with Crippen molar-refractivity contribution < 1.29 is 14.7 Å². The van der Waals surface area contributed by atoms with Gasteiger partial charge in [0.1, 0.15) is 0 Å². The second-order valence-corrected chi connectivity index (χ2v) is 5.99. The van der Waals surface area contributed by atoms with E-state index in [9.17, 15) is 9.59 Å². The fourth-order valence-corrected chi connectivity index (χ4v) is 3.47. The van der Waals surface area contributed by atoms with Crippen LogP contribution in [0, 0.1) is 0 Å². The summed E-state index contributed by atoms with van der Waals surface area (Å²) in [5, 5.41) is 11.6. The quantitative estimate of drug-likeness (QED) is 0.874. The lowest BCUT2D eigenvalue weighted by molar-refractivity contribution is -0.129. The zero-order valence-corrected chi connectivity index (χ0v) is 12.4. The van der Waals surface area contributed by atoms with Gasteiger partial charge >= 0.3 is 6.09 Å². The number of hydrogen-bond donors (Lipinski definition) is 2. The first kappa shape index (κ1) is 14.8. The molecule has 6 nitrogen and oxygen atoms in total. The van der Waals surface area contributed by atoms with Gasteiger partial charge in [0, 0.05) is 32.6 Å². The van der Waals surface area contributed by atoms with Crippen molar-refractivity contribution in [2.75, 3.05) is 19.6 Å². The summed E-state index contributed by atoms with van der Waals surface area (Å²) >= 11 is 0. The molecule has 0 radical (unpaired) electrons. The normalized spacial score (nSPS) is 25.6. The van der Waals surface area contributed by atoms with Crippen LogP contribution in [0.25, 0.3) is 0 Å². The molecule has 1 aromatic carbocycles. The zero-order chi connectivity index (χ0) is 15.5. The third kappa shape index (κ3) is 3.22. The third-order valence-electron chi connectivity index (χ3n) is 4.43. The Kier molecular flexibility index (Phi) is 4.29. The average Bonchev–Trinajstić information content (AvgIpc) is 3.05. The highest BCUT2D eigenvalue weighted by molar-refractivity contribution is 5.78. The molecule has 0 saturated carbocycles. The molecule has 0 spiro atoms. The number of nitrogens with zero attached hydrogens (tertiary/aromatic N) is 2. The van der Waals surface area contributed by atoms with E-state index in [0.717, 1.165) is 19.5 Å². The number of amides is 2. The van der Waals surface area contributed by atoms with Crippen molar-refractivity contribution in [2.45, 2.75) is 31.5 Å². The number of carbonyl (C=O) groups is 2. The first-order chi connectivity index (χ1) is 10.6. The second kappa shape index (κ2) is 6.36. The van der Waals surface area contributed by atoms with Gasteiger partial charge in [-0.15, -0.1) is 0 Å². The molecule has 2 saturated heterocycles. The molecule has 0 unspecified atom stereocenters. The Morgan fingerprint density at radius 1 is 1.27 bits per heavy atom. The molecular formula is C16H21N3O3. The van der Waals surface area contributed by atoms with Gasteiger partial charge < -0.3 is 15.3 Å². The first-order valence-electron chi connectivity index (χ1n) is 7.68. The Labute approximate surface area is 129 Å². The van der Waals surface area contributed by atoms with Crippen molar-refractivity contribution in [2.24, 2.45) is 0 Å². The molecule has 2 fully saturated rings. The van der Waals surface area contributed by atoms with E-state index >= 15 is 0 Å². The lowest BCUT2D eigenvalue weighted by Gasteiger charge is -2.28. The highest BCUT2D eigenvalue weighted by Gasteiger charge is 2.40.